The average Bonchev–Trinajstić information content (AvgIpc) is 3.28. The molecule has 1 atom stereocenters. The fraction of sp³-hybridized carbons (Fsp3) is 0.772. The zero-order valence-corrected chi connectivity index (χ0v) is 41.6. The van der Waals surface area contributed by atoms with Crippen LogP contribution in [0.2, 0.25) is 0 Å². The number of unbranched alkanes of at least 4 members (excludes halogenated alkanes) is 27. The van der Waals surface area contributed by atoms with Crippen molar-refractivity contribution in [2.75, 3.05) is 13.2 Å². The van der Waals surface area contributed by atoms with Gasteiger partial charge in [-0.05, 0) is 89.9 Å². The highest BCUT2D eigenvalue weighted by Crippen LogP contribution is 2.15. The Labute approximate surface area is 390 Å². The smallest absolute Gasteiger partial charge is 0.306 e. The topological polar surface area (TPSA) is 78.9 Å². The van der Waals surface area contributed by atoms with Crippen molar-refractivity contribution in [3.63, 3.8) is 0 Å². The summed E-state index contributed by atoms with van der Waals surface area (Å²) >= 11 is 0. The highest BCUT2D eigenvalue weighted by atomic mass is 16.6. The molecule has 0 heterocycles. The zero-order valence-electron chi connectivity index (χ0n) is 41.6. The summed E-state index contributed by atoms with van der Waals surface area (Å²) in [6.45, 7) is 6.57. The van der Waals surface area contributed by atoms with E-state index in [9.17, 15) is 14.4 Å². The van der Waals surface area contributed by atoms with E-state index in [1.54, 1.807) is 0 Å². The van der Waals surface area contributed by atoms with Crippen LogP contribution in [0.25, 0.3) is 0 Å². The first-order valence-electron chi connectivity index (χ1n) is 26.8. The molecule has 0 aromatic heterocycles. The molecule has 0 unspecified atom stereocenters. The Morgan fingerprint density at radius 3 is 0.968 bits per heavy atom. The third kappa shape index (κ3) is 50.0. The van der Waals surface area contributed by atoms with E-state index >= 15 is 0 Å². The van der Waals surface area contributed by atoms with Crippen LogP contribution in [0.3, 0.4) is 0 Å². The minimum atomic E-state index is -0.789. The summed E-state index contributed by atoms with van der Waals surface area (Å²) in [5.74, 6) is -0.921. The fourth-order valence-corrected chi connectivity index (χ4v) is 7.42. The summed E-state index contributed by atoms with van der Waals surface area (Å²) in [6.07, 6.45) is 63.4. The fourth-order valence-electron chi connectivity index (χ4n) is 7.42. The maximum absolute atomic E-state index is 12.8. The first-order valence-corrected chi connectivity index (χ1v) is 26.8. The molecule has 6 heteroatoms. The summed E-state index contributed by atoms with van der Waals surface area (Å²) in [6, 6.07) is 0. The number of hydrogen-bond donors (Lipinski definition) is 0. The van der Waals surface area contributed by atoms with Crippen LogP contribution in [0, 0.1) is 0 Å². The molecule has 63 heavy (non-hydrogen) atoms. The SMILES string of the molecule is CCCCC/C=C/C/C=C/C/C=C/C/C=C/CCCCCC(=O)OC[C@@H](COC(=O)CCCCCCCCCCCCCCC)OC(=O)CCCCCCC/C=C/CCCCCC. The molecule has 0 spiro atoms. The van der Waals surface area contributed by atoms with Crippen LogP contribution in [0.15, 0.2) is 60.8 Å². The van der Waals surface area contributed by atoms with Gasteiger partial charge in [-0.25, -0.2) is 0 Å². The highest BCUT2D eigenvalue weighted by Gasteiger charge is 2.19. The maximum atomic E-state index is 12.8. The largest absolute Gasteiger partial charge is 0.462 e. The molecule has 0 fully saturated rings. The van der Waals surface area contributed by atoms with E-state index in [4.69, 9.17) is 14.2 Å². The van der Waals surface area contributed by atoms with Crippen molar-refractivity contribution in [2.24, 2.45) is 0 Å². The quantitative estimate of drug-likeness (QED) is 0.0262. The molecule has 364 valence electrons. The molecule has 0 bridgehead atoms. The molecule has 0 aliphatic heterocycles. The average molecular weight is 881 g/mol. The molecule has 6 nitrogen and oxygen atoms in total. The summed E-state index contributed by atoms with van der Waals surface area (Å²) in [5.41, 5.74) is 0. The van der Waals surface area contributed by atoms with Gasteiger partial charge in [0, 0.05) is 19.3 Å². The summed E-state index contributed by atoms with van der Waals surface area (Å²) < 4.78 is 16.8. The van der Waals surface area contributed by atoms with Gasteiger partial charge in [0.2, 0.25) is 0 Å². The summed E-state index contributed by atoms with van der Waals surface area (Å²) in [7, 11) is 0. The maximum Gasteiger partial charge on any atom is 0.306 e. The van der Waals surface area contributed by atoms with Crippen molar-refractivity contribution >= 4 is 17.9 Å². The monoisotopic (exact) mass is 881 g/mol. The lowest BCUT2D eigenvalue weighted by Crippen LogP contribution is -2.30. The van der Waals surface area contributed by atoms with Crippen molar-refractivity contribution < 1.29 is 28.6 Å². The lowest BCUT2D eigenvalue weighted by Gasteiger charge is -2.18. The Hall–Kier alpha value is -2.89. The molecule has 0 radical (unpaired) electrons. The van der Waals surface area contributed by atoms with E-state index in [0.29, 0.717) is 19.3 Å². The molecule has 0 aromatic rings. The predicted octanol–water partition coefficient (Wildman–Crippen LogP) is 17.6. The van der Waals surface area contributed by atoms with Crippen molar-refractivity contribution in [1.82, 2.24) is 0 Å². The van der Waals surface area contributed by atoms with Gasteiger partial charge >= 0.3 is 17.9 Å². The second kappa shape index (κ2) is 51.7. The van der Waals surface area contributed by atoms with Crippen LogP contribution in [0.5, 0.6) is 0 Å². The Morgan fingerprint density at radius 2 is 0.571 bits per heavy atom. The Bertz CT molecular complexity index is 1150. The molecule has 0 aliphatic rings. The Balaban J connectivity index is 4.42. The third-order valence-corrected chi connectivity index (χ3v) is 11.5. The first kappa shape index (κ1) is 60.1. The van der Waals surface area contributed by atoms with Crippen LogP contribution >= 0.6 is 0 Å². The molecule has 0 amide bonds. The molecular weight excluding hydrogens is 781 g/mol. The minimum absolute atomic E-state index is 0.0858. The lowest BCUT2D eigenvalue weighted by atomic mass is 10.0. The molecular formula is C57H100O6. The van der Waals surface area contributed by atoms with Gasteiger partial charge in [-0.15, -0.1) is 0 Å². The molecule has 0 saturated carbocycles. The molecule has 0 N–H and O–H groups in total. The Kier molecular flexibility index (Phi) is 49.4. The molecule has 0 aliphatic carbocycles. The number of carbonyl (C=O) groups is 3. The van der Waals surface area contributed by atoms with Gasteiger partial charge in [0.05, 0.1) is 0 Å². The minimum Gasteiger partial charge on any atom is -0.462 e. The van der Waals surface area contributed by atoms with E-state index in [0.717, 1.165) is 96.3 Å². The van der Waals surface area contributed by atoms with Gasteiger partial charge < -0.3 is 14.2 Å². The van der Waals surface area contributed by atoms with Crippen LogP contribution in [0.4, 0.5) is 0 Å². The zero-order chi connectivity index (χ0) is 45.8. The number of carbonyl (C=O) groups excluding carboxylic acids is 3. The van der Waals surface area contributed by atoms with E-state index in [-0.39, 0.29) is 31.1 Å². The van der Waals surface area contributed by atoms with Crippen molar-refractivity contribution in [1.29, 1.82) is 0 Å². The van der Waals surface area contributed by atoms with E-state index in [2.05, 4.69) is 81.5 Å². The van der Waals surface area contributed by atoms with Crippen LogP contribution in [-0.2, 0) is 28.6 Å². The number of ether oxygens (including phenoxy) is 3. The second-order valence-electron chi connectivity index (χ2n) is 17.8. The van der Waals surface area contributed by atoms with Gasteiger partial charge in [-0.2, -0.15) is 0 Å². The number of hydrogen-bond acceptors (Lipinski definition) is 6. The van der Waals surface area contributed by atoms with Crippen LogP contribution < -0.4 is 0 Å². The summed E-state index contributed by atoms with van der Waals surface area (Å²) in [4.78, 5) is 38.0. The van der Waals surface area contributed by atoms with Crippen molar-refractivity contribution in [2.45, 2.75) is 271 Å². The van der Waals surface area contributed by atoms with Gasteiger partial charge in [0.15, 0.2) is 6.10 Å². The van der Waals surface area contributed by atoms with Gasteiger partial charge in [0.1, 0.15) is 13.2 Å². The summed E-state index contributed by atoms with van der Waals surface area (Å²) in [5, 5.41) is 0. The predicted molar refractivity (Wildman–Crippen MR) is 270 cm³/mol. The Morgan fingerprint density at radius 1 is 0.317 bits per heavy atom. The van der Waals surface area contributed by atoms with E-state index < -0.39 is 6.10 Å². The van der Waals surface area contributed by atoms with E-state index in [1.807, 2.05) is 0 Å². The lowest BCUT2D eigenvalue weighted by molar-refractivity contribution is -0.167. The standard InChI is InChI=1S/C57H100O6/c1-4-7-10-13-16-19-22-25-26-27-28-29-30-33-35-38-41-44-47-50-56(59)62-53-54(63-57(60)51-48-45-42-39-36-32-24-21-18-15-12-9-6-3)52-61-55(58)49-46-43-40-37-34-31-23-20-17-14-11-8-5-2/h16,19,21,24-26,28-29,33,35,54H,4-15,17-18,20,22-23,27,30-32,34,36-53H2,1-3H3/b19-16+,24-21+,26-25+,29-28+,35-33+/t54-/m1/s1. The molecule has 0 saturated heterocycles. The van der Waals surface area contributed by atoms with Crippen molar-refractivity contribution in [3.8, 4) is 0 Å². The number of rotatable bonds is 48. The second-order valence-corrected chi connectivity index (χ2v) is 17.8. The van der Waals surface area contributed by atoms with Gasteiger partial charge in [-0.1, -0.05) is 216 Å². The normalized spacial score (nSPS) is 12.5. The third-order valence-electron chi connectivity index (χ3n) is 11.5. The van der Waals surface area contributed by atoms with Crippen molar-refractivity contribution in [3.05, 3.63) is 60.8 Å². The van der Waals surface area contributed by atoms with Crippen LogP contribution in [-0.4, -0.2) is 37.2 Å². The van der Waals surface area contributed by atoms with Gasteiger partial charge in [0.25, 0.3) is 0 Å². The number of esters is 3. The molecule has 0 rings (SSSR count). The first-order chi connectivity index (χ1) is 31.0. The van der Waals surface area contributed by atoms with E-state index in [1.165, 1.54) is 128 Å². The molecule has 0 aromatic carbocycles. The van der Waals surface area contributed by atoms with Gasteiger partial charge in [-0.3, -0.25) is 14.4 Å². The number of allylic oxidation sites excluding steroid dienone is 10. The highest BCUT2D eigenvalue weighted by molar-refractivity contribution is 5.71. The van der Waals surface area contributed by atoms with Crippen LogP contribution in [0.1, 0.15) is 265 Å².